The van der Waals surface area contributed by atoms with Gasteiger partial charge in [0.1, 0.15) is 10.8 Å². The van der Waals surface area contributed by atoms with E-state index in [4.69, 9.17) is 10.7 Å². The van der Waals surface area contributed by atoms with Crippen molar-refractivity contribution in [2.75, 3.05) is 0 Å². The fourth-order valence-corrected chi connectivity index (χ4v) is 3.16. The predicted molar refractivity (Wildman–Crippen MR) is 70.7 cm³/mol. The number of aromatic nitrogens is 3. The SMILES string of the molecule is Cc1nc(Cn2cc(S(=O)(=O)Cl)nc2C)sc1C. The second-order valence-electron chi connectivity index (χ2n) is 3.94. The largest absolute Gasteiger partial charge is 0.327 e. The maximum absolute atomic E-state index is 11.2. The summed E-state index contributed by atoms with van der Waals surface area (Å²) in [6.07, 6.45) is 1.43. The molecule has 0 N–H and O–H groups in total. The summed E-state index contributed by atoms with van der Waals surface area (Å²) in [7, 11) is 1.48. The second-order valence-corrected chi connectivity index (χ2v) is 7.74. The minimum Gasteiger partial charge on any atom is -0.327 e. The summed E-state index contributed by atoms with van der Waals surface area (Å²) >= 11 is 1.59. The molecule has 8 heteroatoms. The Kier molecular flexibility index (Phi) is 3.48. The number of nitrogens with zero attached hydrogens (tertiary/aromatic N) is 3. The zero-order valence-corrected chi connectivity index (χ0v) is 12.5. The van der Waals surface area contributed by atoms with E-state index in [2.05, 4.69) is 9.97 Å². The van der Waals surface area contributed by atoms with Gasteiger partial charge in [-0.15, -0.1) is 11.3 Å². The Hall–Kier alpha value is -0.920. The summed E-state index contributed by atoms with van der Waals surface area (Å²) in [4.78, 5) is 9.49. The highest BCUT2D eigenvalue weighted by Gasteiger charge is 2.16. The molecule has 2 aromatic heterocycles. The highest BCUT2D eigenvalue weighted by atomic mass is 35.7. The second kappa shape index (κ2) is 4.64. The maximum Gasteiger partial charge on any atom is 0.280 e. The molecule has 0 saturated heterocycles. The molecule has 0 aliphatic rings. The lowest BCUT2D eigenvalue weighted by Crippen LogP contribution is -2.00. The molecule has 0 radical (unpaired) electrons. The van der Waals surface area contributed by atoms with Crippen LogP contribution >= 0.6 is 22.0 Å². The highest BCUT2D eigenvalue weighted by molar-refractivity contribution is 8.13. The number of hydrogen-bond donors (Lipinski definition) is 0. The van der Waals surface area contributed by atoms with Gasteiger partial charge in [0, 0.05) is 21.8 Å². The van der Waals surface area contributed by atoms with E-state index in [0.717, 1.165) is 15.6 Å². The van der Waals surface area contributed by atoms with Gasteiger partial charge in [-0.25, -0.2) is 18.4 Å². The number of rotatable bonds is 3. The lowest BCUT2D eigenvalue weighted by molar-refractivity contribution is 0.606. The van der Waals surface area contributed by atoms with Gasteiger partial charge in [-0.2, -0.15) is 0 Å². The summed E-state index contributed by atoms with van der Waals surface area (Å²) in [5.74, 6) is 0.597. The van der Waals surface area contributed by atoms with Crippen molar-refractivity contribution < 1.29 is 8.42 Å². The molecule has 0 saturated carbocycles. The van der Waals surface area contributed by atoms with E-state index >= 15 is 0 Å². The normalized spacial score (nSPS) is 12.0. The van der Waals surface area contributed by atoms with Gasteiger partial charge in [0.15, 0.2) is 5.03 Å². The smallest absolute Gasteiger partial charge is 0.280 e. The minimum absolute atomic E-state index is 0.119. The molecular formula is C10H12ClN3O2S2. The summed E-state index contributed by atoms with van der Waals surface area (Å²) in [5, 5.41) is 0.802. The van der Waals surface area contributed by atoms with E-state index in [1.165, 1.54) is 6.20 Å². The van der Waals surface area contributed by atoms with Gasteiger partial charge >= 0.3 is 0 Å². The van der Waals surface area contributed by atoms with Crippen LogP contribution in [0.3, 0.4) is 0 Å². The molecule has 2 heterocycles. The number of halogens is 1. The average Bonchev–Trinajstić information content (AvgIpc) is 2.72. The number of imidazole rings is 1. The van der Waals surface area contributed by atoms with Crippen molar-refractivity contribution in [1.29, 1.82) is 0 Å². The molecule has 0 aliphatic carbocycles. The van der Waals surface area contributed by atoms with Crippen LogP contribution in [0, 0.1) is 20.8 Å². The van der Waals surface area contributed by atoms with Crippen molar-refractivity contribution in [2.45, 2.75) is 32.3 Å². The fourth-order valence-electron chi connectivity index (χ4n) is 1.51. The van der Waals surface area contributed by atoms with Crippen molar-refractivity contribution in [3.8, 4) is 0 Å². The average molecular weight is 306 g/mol. The van der Waals surface area contributed by atoms with Crippen LogP contribution < -0.4 is 0 Å². The van der Waals surface area contributed by atoms with Crippen LogP contribution in [0.25, 0.3) is 0 Å². The molecule has 0 aromatic carbocycles. The number of thiazole rings is 1. The third-order valence-electron chi connectivity index (χ3n) is 2.58. The molecule has 0 unspecified atom stereocenters. The van der Waals surface area contributed by atoms with Crippen molar-refractivity contribution in [3.63, 3.8) is 0 Å². The van der Waals surface area contributed by atoms with Gasteiger partial charge in [-0.05, 0) is 20.8 Å². The number of aryl methyl sites for hydroxylation is 3. The standard InChI is InChI=1S/C10H12ClN3O2S2/c1-6-7(2)17-9(12-6)4-14-5-10(13-8(14)3)18(11,15)16/h5H,4H2,1-3H3. The predicted octanol–water partition coefficient (Wildman–Crippen LogP) is 2.24. The molecule has 0 amide bonds. The molecular weight excluding hydrogens is 294 g/mol. The maximum atomic E-state index is 11.2. The van der Waals surface area contributed by atoms with E-state index in [9.17, 15) is 8.42 Å². The Morgan fingerprint density at radius 1 is 1.33 bits per heavy atom. The Bertz CT molecular complexity index is 669. The van der Waals surface area contributed by atoms with E-state index in [-0.39, 0.29) is 5.03 Å². The zero-order chi connectivity index (χ0) is 13.5. The zero-order valence-electron chi connectivity index (χ0n) is 10.1. The first-order valence-electron chi connectivity index (χ1n) is 5.18. The fraction of sp³-hybridized carbons (Fsp3) is 0.400. The van der Waals surface area contributed by atoms with Crippen LogP contribution in [0.2, 0.25) is 0 Å². The monoisotopic (exact) mass is 305 g/mol. The summed E-state index contributed by atoms with van der Waals surface area (Å²) in [6, 6.07) is 0. The van der Waals surface area contributed by atoms with Crippen LogP contribution in [0.1, 0.15) is 21.4 Å². The van der Waals surface area contributed by atoms with Gasteiger partial charge in [0.05, 0.1) is 12.2 Å². The molecule has 18 heavy (non-hydrogen) atoms. The van der Waals surface area contributed by atoms with Crippen molar-refractivity contribution in [2.24, 2.45) is 0 Å². The molecule has 0 spiro atoms. The third-order valence-corrected chi connectivity index (χ3v) is 4.81. The van der Waals surface area contributed by atoms with Gasteiger partial charge in [-0.1, -0.05) is 0 Å². The van der Waals surface area contributed by atoms with Crippen molar-refractivity contribution in [1.82, 2.24) is 14.5 Å². The van der Waals surface area contributed by atoms with Gasteiger partial charge in [-0.3, -0.25) is 0 Å². The van der Waals surface area contributed by atoms with Gasteiger partial charge < -0.3 is 4.57 Å². The Morgan fingerprint density at radius 2 is 2.00 bits per heavy atom. The summed E-state index contributed by atoms with van der Waals surface area (Å²) < 4.78 is 24.1. The molecule has 0 fully saturated rings. The lowest BCUT2D eigenvalue weighted by Gasteiger charge is -2.00. The molecule has 0 bridgehead atoms. The first-order valence-corrected chi connectivity index (χ1v) is 8.31. The first-order chi connectivity index (χ1) is 8.27. The third kappa shape index (κ3) is 2.73. The topological polar surface area (TPSA) is 64.8 Å². The van der Waals surface area contributed by atoms with E-state index in [0.29, 0.717) is 12.4 Å². The minimum atomic E-state index is -3.78. The summed E-state index contributed by atoms with van der Waals surface area (Å²) in [6.45, 7) is 6.19. The van der Waals surface area contributed by atoms with Crippen LogP contribution in [0.15, 0.2) is 11.2 Å². The highest BCUT2D eigenvalue weighted by Crippen LogP contribution is 2.20. The first kappa shape index (κ1) is 13.5. The van der Waals surface area contributed by atoms with Gasteiger partial charge in [0.2, 0.25) is 0 Å². The van der Waals surface area contributed by atoms with Crippen LogP contribution in [-0.4, -0.2) is 23.0 Å². The Labute approximate surface area is 114 Å². The van der Waals surface area contributed by atoms with E-state index < -0.39 is 9.05 Å². The lowest BCUT2D eigenvalue weighted by atomic mass is 10.4. The molecule has 5 nitrogen and oxygen atoms in total. The molecule has 0 aliphatic heterocycles. The molecule has 2 rings (SSSR count). The van der Waals surface area contributed by atoms with Crippen molar-refractivity contribution >= 4 is 31.1 Å². The van der Waals surface area contributed by atoms with E-state index in [1.807, 2.05) is 13.8 Å². The quantitative estimate of drug-likeness (QED) is 0.816. The van der Waals surface area contributed by atoms with Crippen LogP contribution in [-0.2, 0) is 15.6 Å². The Morgan fingerprint density at radius 3 is 2.44 bits per heavy atom. The molecule has 0 atom stereocenters. The number of hydrogen-bond acceptors (Lipinski definition) is 5. The Balaban J connectivity index is 2.33. The summed E-state index contributed by atoms with van der Waals surface area (Å²) in [5.41, 5.74) is 0.998. The molecule has 2 aromatic rings. The van der Waals surface area contributed by atoms with Crippen molar-refractivity contribution in [3.05, 3.63) is 27.6 Å². The van der Waals surface area contributed by atoms with Crippen LogP contribution in [0.4, 0.5) is 0 Å². The van der Waals surface area contributed by atoms with Crippen LogP contribution in [0.5, 0.6) is 0 Å². The van der Waals surface area contributed by atoms with E-state index in [1.54, 1.807) is 22.8 Å². The van der Waals surface area contributed by atoms with Gasteiger partial charge in [0.25, 0.3) is 9.05 Å². The molecule has 98 valence electrons.